The van der Waals surface area contributed by atoms with E-state index in [-0.39, 0.29) is 5.82 Å². The molecule has 0 aromatic heterocycles. The third-order valence-electron chi connectivity index (χ3n) is 3.05. The summed E-state index contributed by atoms with van der Waals surface area (Å²) in [5.74, 6) is -0.301. The van der Waals surface area contributed by atoms with Gasteiger partial charge in [-0.25, -0.2) is 4.39 Å². The van der Waals surface area contributed by atoms with Gasteiger partial charge in [0.1, 0.15) is 5.82 Å². The second-order valence-electron chi connectivity index (χ2n) is 4.28. The molecule has 0 atom stereocenters. The second kappa shape index (κ2) is 5.15. The van der Waals surface area contributed by atoms with Crippen molar-refractivity contribution in [2.75, 3.05) is 24.5 Å². The van der Waals surface area contributed by atoms with Crippen LogP contribution in [-0.2, 0) is 0 Å². The molecule has 1 aromatic rings. The standard InChI is InChI=1S/C13H16FN3/c1-2-5-17(11-8-16-9-11)13-4-3-10(7-15)6-12(13)14/h3-4,6,11,16H,2,5,8-9H2,1H3. The van der Waals surface area contributed by atoms with Gasteiger partial charge in [-0.05, 0) is 24.6 Å². The van der Waals surface area contributed by atoms with E-state index in [9.17, 15) is 4.39 Å². The molecule has 1 aromatic carbocycles. The molecule has 1 aliphatic rings. The minimum absolute atomic E-state index is 0.301. The van der Waals surface area contributed by atoms with Crippen molar-refractivity contribution in [2.45, 2.75) is 19.4 Å². The van der Waals surface area contributed by atoms with Gasteiger partial charge in [0.05, 0.1) is 23.4 Å². The smallest absolute Gasteiger partial charge is 0.147 e. The Labute approximate surface area is 101 Å². The highest BCUT2D eigenvalue weighted by molar-refractivity contribution is 5.52. The predicted molar refractivity (Wildman–Crippen MR) is 65.4 cm³/mol. The Balaban J connectivity index is 2.26. The van der Waals surface area contributed by atoms with Crippen LogP contribution in [0.25, 0.3) is 0 Å². The molecular weight excluding hydrogens is 217 g/mol. The number of hydrogen-bond donors (Lipinski definition) is 1. The van der Waals surface area contributed by atoms with Crippen molar-refractivity contribution in [1.29, 1.82) is 5.26 Å². The average Bonchev–Trinajstić information content (AvgIpc) is 2.26. The highest BCUT2D eigenvalue weighted by atomic mass is 19.1. The Hall–Kier alpha value is -1.60. The highest BCUT2D eigenvalue weighted by Gasteiger charge is 2.25. The monoisotopic (exact) mass is 233 g/mol. The summed E-state index contributed by atoms with van der Waals surface area (Å²) in [5, 5.41) is 11.9. The fraction of sp³-hybridized carbons (Fsp3) is 0.462. The lowest BCUT2D eigenvalue weighted by atomic mass is 10.1. The van der Waals surface area contributed by atoms with Crippen molar-refractivity contribution in [3.8, 4) is 6.07 Å². The molecule has 1 fully saturated rings. The molecule has 17 heavy (non-hydrogen) atoms. The molecule has 0 bridgehead atoms. The molecule has 0 spiro atoms. The summed E-state index contributed by atoms with van der Waals surface area (Å²) in [6, 6.07) is 7.02. The van der Waals surface area contributed by atoms with E-state index in [1.165, 1.54) is 6.07 Å². The zero-order chi connectivity index (χ0) is 12.3. The number of halogens is 1. The first-order valence-corrected chi connectivity index (χ1v) is 5.93. The van der Waals surface area contributed by atoms with Crippen molar-refractivity contribution in [2.24, 2.45) is 0 Å². The van der Waals surface area contributed by atoms with E-state index < -0.39 is 0 Å². The van der Waals surface area contributed by atoms with E-state index in [0.29, 0.717) is 17.3 Å². The SMILES string of the molecule is CCCN(c1ccc(C#N)cc1F)C1CNC1. The maximum atomic E-state index is 13.9. The van der Waals surface area contributed by atoms with E-state index in [1.807, 2.05) is 6.07 Å². The van der Waals surface area contributed by atoms with Crippen LogP contribution in [0.1, 0.15) is 18.9 Å². The third-order valence-corrected chi connectivity index (χ3v) is 3.05. The van der Waals surface area contributed by atoms with Crippen LogP contribution >= 0.6 is 0 Å². The van der Waals surface area contributed by atoms with E-state index in [4.69, 9.17) is 5.26 Å². The highest BCUT2D eigenvalue weighted by Crippen LogP contribution is 2.24. The van der Waals surface area contributed by atoms with Crippen molar-refractivity contribution in [3.05, 3.63) is 29.6 Å². The molecule has 2 rings (SSSR count). The lowest BCUT2D eigenvalue weighted by molar-refractivity contribution is 0.408. The van der Waals surface area contributed by atoms with E-state index in [1.54, 1.807) is 12.1 Å². The van der Waals surface area contributed by atoms with E-state index in [0.717, 1.165) is 26.1 Å². The van der Waals surface area contributed by atoms with Crippen LogP contribution in [0, 0.1) is 17.1 Å². The minimum Gasteiger partial charge on any atom is -0.364 e. The van der Waals surface area contributed by atoms with Gasteiger partial charge in [0.2, 0.25) is 0 Å². The van der Waals surface area contributed by atoms with E-state index in [2.05, 4.69) is 17.1 Å². The molecule has 1 saturated heterocycles. The number of nitrogens with zero attached hydrogens (tertiary/aromatic N) is 2. The lowest BCUT2D eigenvalue weighted by Crippen LogP contribution is -2.57. The fourth-order valence-electron chi connectivity index (χ4n) is 2.04. The predicted octanol–water partition coefficient (Wildman–Crippen LogP) is 1.89. The Morgan fingerprint density at radius 1 is 1.53 bits per heavy atom. The Kier molecular flexibility index (Phi) is 3.60. The van der Waals surface area contributed by atoms with Gasteiger partial charge in [0.15, 0.2) is 0 Å². The maximum absolute atomic E-state index is 13.9. The molecular formula is C13H16FN3. The van der Waals surface area contributed by atoms with Crippen LogP contribution < -0.4 is 10.2 Å². The van der Waals surface area contributed by atoms with Gasteiger partial charge in [0.25, 0.3) is 0 Å². The average molecular weight is 233 g/mol. The van der Waals surface area contributed by atoms with Gasteiger partial charge in [-0.3, -0.25) is 0 Å². The Bertz CT molecular complexity index is 435. The quantitative estimate of drug-likeness (QED) is 0.863. The van der Waals surface area contributed by atoms with Gasteiger partial charge >= 0.3 is 0 Å². The number of nitrogens with one attached hydrogen (secondary N) is 1. The molecule has 0 amide bonds. The zero-order valence-electron chi connectivity index (χ0n) is 9.91. The van der Waals surface area contributed by atoms with Crippen LogP contribution in [0.5, 0.6) is 0 Å². The number of rotatable bonds is 4. The number of nitriles is 1. The van der Waals surface area contributed by atoms with Crippen LogP contribution in [0.3, 0.4) is 0 Å². The Morgan fingerprint density at radius 2 is 2.29 bits per heavy atom. The van der Waals surface area contributed by atoms with Crippen molar-refractivity contribution in [1.82, 2.24) is 5.32 Å². The minimum atomic E-state index is -0.301. The van der Waals surface area contributed by atoms with E-state index >= 15 is 0 Å². The van der Waals surface area contributed by atoms with Gasteiger partial charge in [0, 0.05) is 19.6 Å². The zero-order valence-corrected chi connectivity index (χ0v) is 9.91. The third kappa shape index (κ3) is 2.40. The maximum Gasteiger partial charge on any atom is 0.147 e. The van der Waals surface area contributed by atoms with Crippen LogP contribution in [0.15, 0.2) is 18.2 Å². The largest absolute Gasteiger partial charge is 0.364 e. The van der Waals surface area contributed by atoms with Gasteiger partial charge in [-0.1, -0.05) is 6.92 Å². The first kappa shape index (κ1) is 11.9. The summed E-state index contributed by atoms with van der Waals surface area (Å²) in [6.07, 6.45) is 0.982. The van der Waals surface area contributed by atoms with Crippen LogP contribution in [-0.4, -0.2) is 25.7 Å². The summed E-state index contributed by atoms with van der Waals surface area (Å²) < 4.78 is 13.9. The molecule has 0 aliphatic carbocycles. The van der Waals surface area contributed by atoms with Gasteiger partial charge in [-0.2, -0.15) is 5.26 Å². The number of hydrogen-bond acceptors (Lipinski definition) is 3. The van der Waals surface area contributed by atoms with Gasteiger partial charge < -0.3 is 10.2 Å². The summed E-state index contributed by atoms with van der Waals surface area (Å²) in [4.78, 5) is 2.09. The fourth-order valence-corrected chi connectivity index (χ4v) is 2.04. The molecule has 0 radical (unpaired) electrons. The van der Waals surface area contributed by atoms with Crippen molar-refractivity contribution in [3.63, 3.8) is 0 Å². The molecule has 1 N–H and O–H groups in total. The van der Waals surface area contributed by atoms with Crippen LogP contribution in [0.2, 0.25) is 0 Å². The molecule has 3 nitrogen and oxygen atoms in total. The lowest BCUT2D eigenvalue weighted by Gasteiger charge is -2.40. The first-order valence-electron chi connectivity index (χ1n) is 5.93. The second-order valence-corrected chi connectivity index (χ2v) is 4.28. The number of anilines is 1. The molecule has 1 heterocycles. The van der Waals surface area contributed by atoms with Crippen LogP contribution in [0.4, 0.5) is 10.1 Å². The van der Waals surface area contributed by atoms with Gasteiger partial charge in [-0.15, -0.1) is 0 Å². The molecule has 1 aliphatic heterocycles. The summed E-state index contributed by atoms with van der Waals surface area (Å²) in [7, 11) is 0. The van der Waals surface area contributed by atoms with Crippen molar-refractivity contribution < 1.29 is 4.39 Å². The Morgan fingerprint density at radius 3 is 2.76 bits per heavy atom. The molecule has 4 heteroatoms. The van der Waals surface area contributed by atoms with Crippen molar-refractivity contribution >= 4 is 5.69 Å². The molecule has 90 valence electrons. The number of benzene rings is 1. The summed E-state index contributed by atoms with van der Waals surface area (Å²) in [6.45, 7) is 4.73. The molecule has 0 unspecified atom stereocenters. The summed E-state index contributed by atoms with van der Waals surface area (Å²) in [5.41, 5.74) is 0.979. The molecule has 0 saturated carbocycles. The summed E-state index contributed by atoms with van der Waals surface area (Å²) >= 11 is 0. The normalized spacial score (nSPS) is 15.1. The first-order chi connectivity index (χ1) is 8.26. The topological polar surface area (TPSA) is 39.1 Å².